The zero-order valence-corrected chi connectivity index (χ0v) is 11.5. The van der Waals surface area contributed by atoms with Gasteiger partial charge >= 0.3 is 5.97 Å². The van der Waals surface area contributed by atoms with Crippen molar-refractivity contribution in [2.24, 2.45) is 5.92 Å². The van der Waals surface area contributed by atoms with Crippen LogP contribution < -0.4 is 5.32 Å². The molecule has 0 aliphatic heterocycles. The van der Waals surface area contributed by atoms with E-state index in [1.54, 1.807) is 30.3 Å². The quantitative estimate of drug-likeness (QED) is 0.817. The van der Waals surface area contributed by atoms with E-state index in [2.05, 4.69) is 5.32 Å². The van der Waals surface area contributed by atoms with E-state index in [0.717, 1.165) is 0 Å². The van der Waals surface area contributed by atoms with E-state index in [0.29, 0.717) is 10.6 Å². The van der Waals surface area contributed by atoms with Gasteiger partial charge in [0.25, 0.3) is 0 Å². The monoisotopic (exact) mass is 281 g/mol. The lowest BCUT2D eigenvalue weighted by molar-refractivity contribution is -0.141. The van der Waals surface area contributed by atoms with Gasteiger partial charge in [-0.05, 0) is 18.5 Å². The van der Waals surface area contributed by atoms with E-state index in [1.165, 1.54) is 11.3 Å². The Bertz CT molecular complexity index is 507. The third-order valence-corrected chi connectivity index (χ3v) is 3.29. The van der Waals surface area contributed by atoms with Crippen LogP contribution in [0.15, 0.2) is 11.4 Å². The van der Waals surface area contributed by atoms with Gasteiger partial charge < -0.3 is 10.4 Å². The average molecular weight is 281 g/mol. The van der Waals surface area contributed by atoms with Crippen molar-refractivity contribution in [1.29, 1.82) is 5.26 Å². The number of nitriles is 1. The van der Waals surface area contributed by atoms with Crippen LogP contribution in [0, 0.1) is 17.2 Å². The topological polar surface area (TPSA) is 93.4 Å². The third-order valence-electron chi connectivity index (χ3n) is 2.46. The maximum Gasteiger partial charge on any atom is 0.307 e. The number of carbonyl (C=O) groups is 2. The fraction of sp³-hybridized carbons (Fsp3) is 0.417. The maximum atomic E-state index is 11.7. The van der Waals surface area contributed by atoms with Crippen LogP contribution in [0.5, 0.6) is 0 Å². The number of carboxylic acids is 1. The normalized spacial score (nSPS) is 11.9. The number of hydrogen-bond acceptors (Lipinski definition) is 5. The number of likely N-dealkylation sites (N-methyl/N-ethyl adjacent to an activating group) is 1. The van der Waals surface area contributed by atoms with Gasteiger partial charge in [-0.3, -0.25) is 14.5 Å². The second-order valence-electron chi connectivity index (χ2n) is 4.26. The van der Waals surface area contributed by atoms with Gasteiger partial charge in [0, 0.05) is 6.54 Å². The zero-order chi connectivity index (χ0) is 14.4. The molecule has 2 N–H and O–H groups in total. The molecule has 0 aliphatic carbocycles. The molecule has 0 bridgehead atoms. The summed E-state index contributed by atoms with van der Waals surface area (Å²) in [4.78, 5) is 24.1. The van der Waals surface area contributed by atoms with Crippen molar-refractivity contribution in [2.75, 3.05) is 25.5 Å². The van der Waals surface area contributed by atoms with Crippen molar-refractivity contribution in [3.05, 3.63) is 17.0 Å². The van der Waals surface area contributed by atoms with Crippen molar-refractivity contribution in [1.82, 2.24) is 4.90 Å². The summed E-state index contributed by atoms with van der Waals surface area (Å²) in [6.45, 7) is 1.96. The Balaban J connectivity index is 2.48. The number of aliphatic carboxylic acids is 1. The molecule has 6 nitrogen and oxygen atoms in total. The lowest BCUT2D eigenvalue weighted by atomic mass is 10.2. The lowest BCUT2D eigenvalue weighted by Gasteiger charge is -2.18. The number of rotatable bonds is 6. The van der Waals surface area contributed by atoms with Crippen LogP contribution >= 0.6 is 11.3 Å². The lowest BCUT2D eigenvalue weighted by Crippen LogP contribution is -2.35. The maximum absolute atomic E-state index is 11.7. The van der Waals surface area contributed by atoms with Crippen molar-refractivity contribution in [2.45, 2.75) is 6.92 Å². The van der Waals surface area contributed by atoms with Gasteiger partial charge in [0.05, 0.1) is 18.0 Å². The smallest absolute Gasteiger partial charge is 0.307 e. The molecule has 1 unspecified atom stereocenters. The van der Waals surface area contributed by atoms with Crippen LogP contribution in [0.2, 0.25) is 0 Å². The predicted molar refractivity (Wildman–Crippen MR) is 72.0 cm³/mol. The number of carbonyl (C=O) groups excluding carboxylic acids is 1. The molecule has 7 heteroatoms. The van der Waals surface area contributed by atoms with Crippen molar-refractivity contribution < 1.29 is 14.7 Å². The van der Waals surface area contributed by atoms with Crippen LogP contribution in [0.4, 0.5) is 5.00 Å². The number of nitrogens with one attached hydrogen (secondary N) is 1. The molecule has 1 aromatic heterocycles. The summed E-state index contributed by atoms with van der Waals surface area (Å²) in [5, 5.41) is 22.5. The van der Waals surface area contributed by atoms with Gasteiger partial charge in [-0.2, -0.15) is 5.26 Å². The van der Waals surface area contributed by atoms with Gasteiger partial charge in [0.15, 0.2) is 0 Å². The van der Waals surface area contributed by atoms with Crippen LogP contribution in [0.1, 0.15) is 12.5 Å². The van der Waals surface area contributed by atoms with E-state index in [9.17, 15) is 9.59 Å². The fourth-order valence-corrected chi connectivity index (χ4v) is 2.27. The first-order valence-corrected chi connectivity index (χ1v) is 6.50. The fourth-order valence-electron chi connectivity index (χ4n) is 1.52. The molecule has 102 valence electrons. The number of nitrogens with zero attached hydrogens (tertiary/aromatic N) is 2. The first kappa shape index (κ1) is 15.1. The predicted octanol–water partition coefficient (Wildman–Crippen LogP) is 1.21. The standard InChI is InChI=1S/C12H15N3O3S/c1-8(12(17)18)6-15(2)7-10(16)14-11-9(5-13)3-4-19-11/h3-4,8H,6-7H2,1-2H3,(H,14,16)(H,17,18). The number of amides is 1. The molecule has 19 heavy (non-hydrogen) atoms. The number of hydrogen-bond donors (Lipinski definition) is 2. The minimum Gasteiger partial charge on any atom is -0.481 e. The molecule has 1 atom stereocenters. The highest BCUT2D eigenvalue weighted by Gasteiger charge is 2.16. The molecule has 1 heterocycles. The molecular formula is C12H15N3O3S. The van der Waals surface area contributed by atoms with E-state index >= 15 is 0 Å². The molecule has 1 amide bonds. The first-order chi connectivity index (χ1) is 8.93. The third kappa shape index (κ3) is 4.69. The van der Waals surface area contributed by atoms with Gasteiger partial charge in [0.1, 0.15) is 11.1 Å². The molecule has 0 spiro atoms. The molecule has 0 aliphatic rings. The molecule has 0 aromatic carbocycles. The Kier molecular flexibility index (Phi) is 5.48. The summed E-state index contributed by atoms with van der Waals surface area (Å²) in [5.41, 5.74) is 0.430. The Morgan fingerprint density at radius 1 is 1.63 bits per heavy atom. The van der Waals surface area contributed by atoms with Crippen LogP contribution in [-0.2, 0) is 9.59 Å². The number of carboxylic acid groups (broad SMARTS) is 1. The summed E-state index contributed by atoms with van der Waals surface area (Å²) in [6, 6.07) is 3.62. The van der Waals surface area contributed by atoms with E-state index in [4.69, 9.17) is 10.4 Å². The second kappa shape index (κ2) is 6.87. The minimum atomic E-state index is -0.891. The van der Waals surface area contributed by atoms with E-state index in [1.807, 2.05) is 6.07 Å². The Morgan fingerprint density at radius 2 is 2.32 bits per heavy atom. The van der Waals surface area contributed by atoms with Crippen LogP contribution in [0.25, 0.3) is 0 Å². The van der Waals surface area contributed by atoms with Gasteiger partial charge in [-0.15, -0.1) is 11.3 Å². The summed E-state index contributed by atoms with van der Waals surface area (Å²) in [7, 11) is 1.68. The molecule has 0 saturated carbocycles. The summed E-state index contributed by atoms with van der Waals surface area (Å²) in [5.74, 6) is -1.69. The van der Waals surface area contributed by atoms with Crippen molar-refractivity contribution in [3.8, 4) is 6.07 Å². The van der Waals surface area contributed by atoms with E-state index < -0.39 is 11.9 Å². The molecule has 0 saturated heterocycles. The first-order valence-electron chi connectivity index (χ1n) is 5.62. The van der Waals surface area contributed by atoms with Crippen LogP contribution in [0.3, 0.4) is 0 Å². The number of thiophene rings is 1. The molecule has 1 aromatic rings. The highest BCUT2D eigenvalue weighted by Crippen LogP contribution is 2.21. The largest absolute Gasteiger partial charge is 0.481 e. The SMILES string of the molecule is CC(CN(C)CC(=O)Nc1sccc1C#N)C(=O)O. The molecule has 1 rings (SSSR count). The molecule has 0 fully saturated rings. The Morgan fingerprint density at radius 3 is 2.89 bits per heavy atom. The summed E-state index contributed by atoms with van der Waals surface area (Å²) in [6.07, 6.45) is 0. The Hall–Kier alpha value is -1.91. The van der Waals surface area contributed by atoms with Crippen molar-refractivity contribution >= 4 is 28.2 Å². The van der Waals surface area contributed by atoms with Gasteiger partial charge in [-0.25, -0.2) is 0 Å². The van der Waals surface area contributed by atoms with E-state index in [-0.39, 0.29) is 19.0 Å². The Labute approximate surface area is 115 Å². The molecular weight excluding hydrogens is 266 g/mol. The zero-order valence-electron chi connectivity index (χ0n) is 10.7. The second-order valence-corrected chi connectivity index (χ2v) is 5.18. The van der Waals surface area contributed by atoms with Gasteiger partial charge in [0.2, 0.25) is 5.91 Å². The highest BCUT2D eigenvalue weighted by atomic mass is 32.1. The number of anilines is 1. The average Bonchev–Trinajstić information content (AvgIpc) is 2.75. The summed E-state index contributed by atoms with van der Waals surface area (Å²) < 4.78 is 0. The van der Waals surface area contributed by atoms with Gasteiger partial charge in [-0.1, -0.05) is 6.92 Å². The van der Waals surface area contributed by atoms with Crippen LogP contribution in [-0.4, -0.2) is 42.0 Å². The highest BCUT2D eigenvalue weighted by molar-refractivity contribution is 7.14. The molecule has 0 radical (unpaired) electrons. The minimum absolute atomic E-state index is 0.0837. The summed E-state index contributed by atoms with van der Waals surface area (Å²) >= 11 is 1.28. The van der Waals surface area contributed by atoms with Crippen molar-refractivity contribution in [3.63, 3.8) is 0 Å².